The summed E-state index contributed by atoms with van der Waals surface area (Å²) in [4.78, 5) is 10.8. The molecule has 3 heteroatoms. The fourth-order valence-electron chi connectivity index (χ4n) is 1.54. The van der Waals surface area contributed by atoms with E-state index in [9.17, 15) is 4.79 Å². The van der Waals surface area contributed by atoms with Gasteiger partial charge in [-0.15, -0.1) is 0 Å². The number of hydrogen-bond donors (Lipinski definition) is 0. The van der Waals surface area contributed by atoms with Crippen LogP contribution in [0.2, 0.25) is 0 Å². The van der Waals surface area contributed by atoms with Crippen LogP contribution < -0.4 is 0 Å². The third kappa shape index (κ3) is 0.926. The first-order valence-corrected chi connectivity index (χ1v) is 4.76. The summed E-state index contributed by atoms with van der Waals surface area (Å²) in [5.41, 5.74) is -0.0260. The highest BCUT2D eigenvalue weighted by atomic mass is 32.2. The van der Waals surface area contributed by atoms with Gasteiger partial charge in [0.05, 0.1) is 0 Å². The molecule has 0 aromatic carbocycles. The fourth-order valence-corrected chi connectivity index (χ4v) is 2.92. The van der Waals surface area contributed by atoms with Gasteiger partial charge in [0.25, 0.3) is 0 Å². The van der Waals surface area contributed by atoms with Crippen LogP contribution in [0.4, 0.5) is 0 Å². The van der Waals surface area contributed by atoms with E-state index in [0.717, 1.165) is 24.3 Å². The molecule has 2 rings (SSSR count). The Labute approximate surface area is 64.3 Å². The van der Waals surface area contributed by atoms with Crippen LogP contribution in [-0.2, 0) is 9.53 Å². The van der Waals surface area contributed by atoms with Crippen molar-refractivity contribution >= 4 is 17.7 Å². The van der Waals surface area contributed by atoms with Crippen LogP contribution in [0.15, 0.2) is 0 Å². The zero-order chi connectivity index (χ0) is 7.03. The number of carbonyl (C=O) groups is 1. The number of hydrogen-bond acceptors (Lipinski definition) is 3. The van der Waals surface area contributed by atoms with Gasteiger partial charge >= 0.3 is 5.97 Å². The van der Waals surface area contributed by atoms with Gasteiger partial charge in [-0.1, -0.05) is 0 Å². The van der Waals surface area contributed by atoms with Crippen LogP contribution in [0.25, 0.3) is 0 Å². The molecule has 2 aliphatic rings. The highest BCUT2D eigenvalue weighted by molar-refractivity contribution is 7.99. The highest BCUT2D eigenvalue weighted by Crippen LogP contribution is 2.39. The van der Waals surface area contributed by atoms with Gasteiger partial charge in [0.2, 0.25) is 0 Å². The average Bonchev–Trinajstić information content (AvgIpc) is 2.46. The quantitative estimate of drug-likeness (QED) is 0.495. The van der Waals surface area contributed by atoms with E-state index in [-0.39, 0.29) is 11.6 Å². The number of ether oxygens (including phenoxy) is 1. The second-order valence-electron chi connectivity index (χ2n) is 2.96. The predicted molar refractivity (Wildman–Crippen MR) is 40.0 cm³/mol. The van der Waals surface area contributed by atoms with Crippen molar-refractivity contribution in [3.8, 4) is 0 Å². The predicted octanol–water partition coefficient (Wildman–Crippen LogP) is 1.20. The molecule has 2 fully saturated rings. The first kappa shape index (κ1) is 6.53. The number of thioether (sulfide) groups is 1. The van der Waals surface area contributed by atoms with Gasteiger partial charge in [-0.05, 0) is 18.6 Å². The molecule has 56 valence electrons. The van der Waals surface area contributed by atoms with E-state index in [0.29, 0.717) is 6.42 Å². The molecule has 2 nitrogen and oxygen atoms in total. The van der Waals surface area contributed by atoms with Gasteiger partial charge < -0.3 is 4.74 Å². The van der Waals surface area contributed by atoms with Crippen molar-refractivity contribution in [2.75, 3.05) is 11.5 Å². The van der Waals surface area contributed by atoms with Crippen molar-refractivity contribution in [2.45, 2.75) is 24.9 Å². The normalized spacial score (nSPS) is 39.0. The lowest BCUT2D eigenvalue weighted by Crippen LogP contribution is -2.27. The molecule has 2 aliphatic heterocycles. The highest BCUT2D eigenvalue weighted by Gasteiger charge is 2.42. The molecule has 0 saturated carbocycles. The Balaban J connectivity index is 2.09. The minimum Gasteiger partial charge on any atom is -0.458 e. The Morgan fingerprint density at radius 3 is 2.90 bits per heavy atom. The Morgan fingerprint density at radius 2 is 2.40 bits per heavy atom. The molecule has 0 aliphatic carbocycles. The van der Waals surface area contributed by atoms with Crippen LogP contribution in [0, 0.1) is 0 Å². The van der Waals surface area contributed by atoms with Crippen LogP contribution in [0.1, 0.15) is 19.3 Å². The van der Waals surface area contributed by atoms with E-state index < -0.39 is 0 Å². The van der Waals surface area contributed by atoms with Gasteiger partial charge in [0.1, 0.15) is 5.60 Å². The lowest BCUT2D eigenvalue weighted by Gasteiger charge is -2.19. The summed E-state index contributed by atoms with van der Waals surface area (Å²) in [5, 5.41) is 0. The van der Waals surface area contributed by atoms with Crippen molar-refractivity contribution in [2.24, 2.45) is 0 Å². The summed E-state index contributed by atoms with van der Waals surface area (Å²) in [6, 6.07) is 0. The molecule has 0 aromatic heterocycles. The summed E-state index contributed by atoms with van der Waals surface area (Å²) < 4.78 is 5.25. The topological polar surface area (TPSA) is 26.3 Å². The summed E-state index contributed by atoms with van der Waals surface area (Å²) in [6.45, 7) is 0. The summed E-state index contributed by atoms with van der Waals surface area (Å²) in [6.07, 6.45) is 2.67. The summed E-state index contributed by atoms with van der Waals surface area (Å²) in [7, 11) is 0. The SMILES string of the molecule is O=C1CCC2(CCSC2)O1. The maximum atomic E-state index is 10.8. The Kier molecular flexibility index (Phi) is 1.41. The lowest BCUT2D eigenvalue weighted by molar-refractivity contribution is -0.146. The van der Waals surface area contributed by atoms with Crippen molar-refractivity contribution in [3.63, 3.8) is 0 Å². The number of rotatable bonds is 0. The van der Waals surface area contributed by atoms with Crippen molar-refractivity contribution < 1.29 is 9.53 Å². The minimum atomic E-state index is -0.0260. The smallest absolute Gasteiger partial charge is 0.306 e. The van der Waals surface area contributed by atoms with E-state index >= 15 is 0 Å². The standard InChI is InChI=1S/C7H10O2S/c8-6-1-2-7(9-6)3-4-10-5-7/h1-5H2. The van der Waals surface area contributed by atoms with Crippen LogP contribution in [-0.4, -0.2) is 23.1 Å². The molecular formula is C7H10O2S. The first-order valence-electron chi connectivity index (χ1n) is 3.60. The molecule has 1 spiro atoms. The molecule has 0 amide bonds. The van der Waals surface area contributed by atoms with Crippen LogP contribution in [0.3, 0.4) is 0 Å². The van der Waals surface area contributed by atoms with Crippen LogP contribution in [0.5, 0.6) is 0 Å². The first-order chi connectivity index (χ1) is 4.81. The Hall–Kier alpha value is -0.180. The molecule has 0 aromatic rings. The Morgan fingerprint density at radius 1 is 1.50 bits per heavy atom. The van der Waals surface area contributed by atoms with Gasteiger partial charge in [0, 0.05) is 12.2 Å². The monoisotopic (exact) mass is 158 g/mol. The molecule has 0 bridgehead atoms. The van der Waals surface area contributed by atoms with Crippen molar-refractivity contribution in [1.82, 2.24) is 0 Å². The molecular weight excluding hydrogens is 148 g/mol. The van der Waals surface area contributed by atoms with Crippen LogP contribution >= 0.6 is 11.8 Å². The second kappa shape index (κ2) is 2.16. The number of esters is 1. The second-order valence-corrected chi connectivity index (χ2v) is 4.06. The summed E-state index contributed by atoms with van der Waals surface area (Å²) >= 11 is 1.89. The van der Waals surface area contributed by atoms with Gasteiger partial charge in [-0.25, -0.2) is 0 Å². The van der Waals surface area contributed by atoms with E-state index in [1.165, 1.54) is 0 Å². The summed E-state index contributed by atoms with van der Waals surface area (Å²) in [5.74, 6) is 2.19. The Bertz CT molecular complexity index is 161. The van der Waals surface area contributed by atoms with E-state index in [1.54, 1.807) is 0 Å². The third-order valence-corrected chi connectivity index (χ3v) is 3.41. The zero-order valence-corrected chi connectivity index (χ0v) is 6.58. The van der Waals surface area contributed by atoms with Gasteiger partial charge in [0.15, 0.2) is 0 Å². The zero-order valence-electron chi connectivity index (χ0n) is 5.76. The number of carbonyl (C=O) groups excluding carboxylic acids is 1. The minimum absolute atomic E-state index is 0.00231. The van der Waals surface area contributed by atoms with Gasteiger partial charge in [-0.2, -0.15) is 11.8 Å². The van der Waals surface area contributed by atoms with Crippen molar-refractivity contribution in [3.05, 3.63) is 0 Å². The fraction of sp³-hybridized carbons (Fsp3) is 0.857. The van der Waals surface area contributed by atoms with E-state index in [1.807, 2.05) is 11.8 Å². The molecule has 10 heavy (non-hydrogen) atoms. The molecule has 1 unspecified atom stereocenters. The average molecular weight is 158 g/mol. The van der Waals surface area contributed by atoms with E-state index in [4.69, 9.17) is 4.74 Å². The molecule has 0 radical (unpaired) electrons. The van der Waals surface area contributed by atoms with Gasteiger partial charge in [-0.3, -0.25) is 4.79 Å². The molecule has 1 atom stereocenters. The third-order valence-electron chi connectivity index (χ3n) is 2.18. The lowest BCUT2D eigenvalue weighted by atomic mass is 10.0. The molecule has 0 N–H and O–H groups in total. The molecule has 2 heterocycles. The van der Waals surface area contributed by atoms with Crippen molar-refractivity contribution in [1.29, 1.82) is 0 Å². The maximum Gasteiger partial charge on any atom is 0.306 e. The maximum absolute atomic E-state index is 10.8. The molecule has 2 saturated heterocycles. The largest absolute Gasteiger partial charge is 0.458 e. The van der Waals surface area contributed by atoms with E-state index in [2.05, 4.69) is 0 Å².